The summed E-state index contributed by atoms with van der Waals surface area (Å²) >= 11 is 0. The van der Waals surface area contributed by atoms with Gasteiger partial charge >= 0.3 is 0 Å². The van der Waals surface area contributed by atoms with E-state index in [0.717, 1.165) is 23.0 Å². The Kier molecular flexibility index (Phi) is 3.49. The molecule has 0 amide bonds. The van der Waals surface area contributed by atoms with Crippen LogP contribution in [0.2, 0.25) is 0 Å². The summed E-state index contributed by atoms with van der Waals surface area (Å²) in [6.45, 7) is 13.7. The Morgan fingerprint density at radius 3 is 2.38 bits per heavy atom. The maximum absolute atomic E-state index is 5.02. The highest BCUT2D eigenvalue weighted by Gasteiger charge is 2.54. The fourth-order valence-corrected chi connectivity index (χ4v) is 5.28. The third-order valence-electron chi connectivity index (χ3n) is 8.32. The first kappa shape index (κ1) is 18.4. The van der Waals surface area contributed by atoms with E-state index in [2.05, 4.69) is 95.2 Å². The van der Waals surface area contributed by atoms with Crippen LogP contribution in [0.5, 0.6) is 0 Å². The Balaban J connectivity index is 1.71. The van der Waals surface area contributed by atoms with Crippen molar-refractivity contribution in [2.45, 2.75) is 53.0 Å². The van der Waals surface area contributed by atoms with Gasteiger partial charge in [0.1, 0.15) is 0 Å². The Morgan fingerprint density at radius 2 is 1.76 bits per heavy atom. The van der Waals surface area contributed by atoms with E-state index in [4.69, 9.17) is 9.97 Å². The summed E-state index contributed by atoms with van der Waals surface area (Å²) in [6.07, 6.45) is 6.71. The van der Waals surface area contributed by atoms with Crippen molar-refractivity contribution in [3.8, 4) is 0 Å². The number of nitrogens with one attached hydrogen (secondary N) is 1. The molecule has 2 aromatic rings. The van der Waals surface area contributed by atoms with E-state index >= 15 is 0 Å². The van der Waals surface area contributed by atoms with Crippen LogP contribution in [0, 0.1) is 10.8 Å². The van der Waals surface area contributed by atoms with Crippen molar-refractivity contribution >= 4 is 22.8 Å². The van der Waals surface area contributed by atoms with Crippen molar-refractivity contribution in [2.24, 2.45) is 10.8 Å². The van der Waals surface area contributed by atoms with Gasteiger partial charge in [-0.1, -0.05) is 63.6 Å². The molecule has 0 saturated carbocycles. The molecule has 1 aromatic heterocycles. The van der Waals surface area contributed by atoms with E-state index < -0.39 is 0 Å². The zero-order valence-electron chi connectivity index (χ0n) is 18.5. The van der Waals surface area contributed by atoms with Gasteiger partial charge in [-0.3, -0.25) is 0 Å². The largest absolute Gasteiger partial charge is 0.367 e. The van der Waals surface area contributed by atoms with E-state index in [1.54, 1.807) is 0 Å². The molecule has 3 atom stereocenters. The van der Waals surface area contributed by atoms with Crippen LogP contribution in [0.15, 0.2) is 48.2 Å². The number of anilines is 3. The molecular weight excluding hydrogens is 356 g/mol. The smallest absolute Gasteiger partial charge is 0.158 e. The standard InChI is InChI=1S/C25H30N4/c1-15-20(23(15,3)4)22-26-14-19-21(28-22)27-18-11-9-8-10-17(18)25(6)13-12-24(25,5)16(2)29(19)7/h8-14,16H,1-7H3,(H,26,27,28). The van der Waals surface area contributed by atoms with Crippen LogP contribution in [-0.2, 0) is 5.41 Å². The van der Waals surface area contributed by atoms with Gasteiger partial charge in [0.25, 0.3) is 0 Å². The van der Waals surface area contributed by atoms with Gasteiger partial charge in [0, 0.05) is 40.6 Å². The number of nitrogens with zero attached hydrogens (tertiary/aromatic N) is 3. The number of fused-ring (bicyclic) bond motifs is 4. The minimum absolute atomic E-state index is 0.0113. The number of rotatable bonds is 1. The molecule has 0 spiro atoms. The molecule has 150 valence electrons. The Morgan fingerprint density at radius 1 is 1.07 bits per heavy atom. The van der Waals surface area contributed by atoms with Crippen LogP contribution in [0.3, 0.4) is 0 Å². The third kappa shape index (κ3) is 2.20. The minimum Gasteiger partial charge on any atom is -0.367 e. The summed E-state index contributed by atoms with van der Waals surface area (Å²) < 4.78 is 0. The van der Waals surface area contributed by atoms with Gasteiger partial charge in [0.15, 0.2) is 11.6 Å². The van der Waals surface area contributed by atoms with Gasteiger partial charge in [-0.2, -0.15) is 0 Å². The second kappa shape index (κ2) is 5.50. The highest BCUT2D eigenvalue weighted by atomic mass is 15.2. The summed E-state index contributed by atoms with van der Waals surface area (Å²) in [5.74, 6) is 1.73. The fraction of sp³-hybridized carbons (Fsp3) is 0.440. The lowest BCUT2D eigenvalue weighted by Crippen LogP contribution is -2.56. The summed E-state index contributed by atoms with van der Waals surface area (Å²) in [5.41, 5.74) is 6.21. The molecule has 0 radical (unpaired) electrons. The van der Waals surface area contributed by atoms with Gasteiger partial charge in [-0.25, -0.2) is 9.97 Å². The van der Waals surface area contributed by atoms with Gasteiger partial charge < -0.3 is 10.2 Å². The summed E-state index contributed by atoms with van der Waals surface area (Å²) in [6, 6.07) is 8.94. The number of aromatic nitrogens is 2. The lowest BCUT2D eigenvalue weighted by atomic mass is 9.51. The van der Waals surface area contributed by atoms with Crippen molar-refractivity contribution in [1.82, 2.24) is 9.97 Å². The molecule has 0 bridgehead atoms. The molecule has 3 aliphatic rings. The Bertz CT molecular complexity index is 1100. The SMILES string of the molecule is CC1=C(c2ncc3c(n2)Nc2ccccc2C2(C)C=CC2(C)C(C)N3C)C1(C)C. The molecule has 2 heterocycles. The molecule has 5 rings (SSSR count). The lowest BCUT2D eigenvalue weighted by molar-refractivity contribution is 0.187. The summed E-state index contributed by atoms with van der Waals surface area (Å²) in [5, 5.41) is 3.68. The van der Waals surface area contributed by atoms with E-state index in [1.807, 2.05) is 6.20 Å². The van der Waals surface area contributed by atoms with Crippen LogP contribution >= 0.6 is 0 Å². The van der Waals surface area contributed by atoms with Crippen LogP contribution < -0.4 is 10.2 Å². The van der Waals surface area contributed by atoms with Crippen molar-refractivity contribution in [2.75, 3.05) is 17.3 Å². The first-order valence-electron chi connectivity index (χ1n) is 10.5. The zero-order chi connectivity index (χ0) is 20.8. The van der Waals surface area contributed by atoms with Gasteiger partial charge in [0.2, 0.25) is 0 Å². The molecule has 4 heteroatoms. The Labute approximate surface area is 173 Å². The molecule has 1 N–H and O–H groups in total. The van der Waals surface area contributed by atoms with Crippen LogP contribution in [-0.4, -0.2) is 23.1 Å². The molecule has 4 nitrogen and oxygen atoms in total. The highest BCUT2D eigenvalue weighted by Crippen LogP contribution is 2.59. The maximum Gasteiger partial charge on any atom is 0.158 e. The molecule has 1 aromatic carbocycles. The molecule has 0 fully saturated rings. The molecular formula is C25H30N4. The minimum atomic E-state index is -0.0415. The van der Waals surface area contributed by atoms with Crippen LogP contribution in [0.25, 0.3) is 5.57 Å². The number of benzene rings is 1. The first-order chi connectivity index (χ1) is 13.6. The van der Waals surface area contributed by atoms with E-state index in [0.29, 0.717) is 0 Å². The topological polar surface area (TPSA) is 41.1 Å². The van der Waals surface area contributed by atoms with Crippen molar-refractivity contribution in [1.29, 1.82) is 0 Å². The van der Waals surface area contributed by atoms with E-state index in [-0.39, 0.29) is 22.3 Å². The fourth-order valence-electron chi connectivity index (χ4n) is 5.28. The number of hydrogen-bond donors (Lipinski definition) is 1. The molecule has 29 heavy (non-hydrogen) atoms. The zero-order valence-corrected chi connectivity index (χ0v) is 18.5. The van der Waals surface area contributed by atoms with Crippen LogP contribution in [0.4, 0.5) is 17.2 Å². The second-order valence-electron chi connectivity index (χ2n) is 9.83. The van der Waals surface area contributed by atoms with Crippen LogP contribution in [0.1, 0.15) is 52.9 Å². The normalized spacial score (nSPS) is 31.4. The first-order valence-corrected chi connectivity index (χ1v) is 10.5. The number of allylic oxidation sites excluding steroid dienone is 3. The van der Waals surface area contributed by atoms with Gasteiger partial charge in [-0.05, 0) is 25.5 Å². The van der Waals surface area contributed by atoms with Crippen molar-refractivity contribution in [3.63, 3.8) is 0 Å². The lowest BCUT2D eigenvalue weighted by Gasteiger charge is -2.55. The molecule has 2 aliphatic carbocycles. The molecule has 3 unspecified atom stereocenters. The summed E-state index contributed by atoms with van der Waals surface area (Å²) in [4.78, 5) is 12.1. The highest BCUT2D eigenvalue weighted by molar-refractivity contribution is 5.87. The predicted molar refractivity (Wildman–Crippen MR) is 121 cm³/mol. The van der Waals surface area contributed by atoms with Crippen molar-refractivity contribution in [3.05, 3.63) is 59.6 Å². The predicted octanol–water partition coefficient (Wildman–Crippen LogP) is 5.71. The number of para-hydroxylation sites is 1. The Hall–Kier alpha value is -2.62. The quantitative estimate of drug-likeness (QED) is 0.638. The van der Waals surface area contributed by atoms with E-state index in [9.17, 15) is 0 Å². The molecule has 0 saturated heterocycles. The van der Waals surface area contributed by atoms with Crippen molar-refractivity contribution < 1.29 is 0 Å². The third-order valence-corrected chi connectivity index (χ3v) is 8.32. The van der Waals surface area contributed by atoms with E-state index in [1.165, 1.54) is 16.7 Å². The van der Waals surface area contributed by atoms with Gasteiger partial charge in [-0.15, -0.1) is 0 Å². The maximum atomic E-state index is 5.02. The average molecular weight is 387 g/mol. The second-order valence-corrected chi connectivity index (χ2v) is 9.83. The molecule has 1 aliphatic heterocycles. The van der Waals surface area contributed by atoms with Gasteiger partial charge in [0.05, 0.1) is 11.9 Å². The summed E-state index contributed by atoms with van der Waals surface area (Å²) in [7, 11) is 2.16. The number of hydrogen-bond acceptors (Lipinski definition) is 4. The monoisotopic (exact) mass is 386 g/mol. The average Bonchev–Trinajstić information content (AvgIpc) is 3.21.